The van der Waals surface area contributed by atoms with Gasteiger partial charge in [-0.05, 0) is 37.3 Å². The normalized spacial score (nSPS) is 22.9. The van der Waals surface area contributed by atoms with E-state index in [4.69, 9.17) is 5.73 Å². The van der Waals surface area contributed by atoms with Gasteiger partial charge in [-0.1, -0.05) is 0 Å². The molecule has 1 saturated carbocycles. The third-order valence-electron chi connectivity index (χ3n) is 3.50. The highest BCUT2D eigenvalue weighted by Gasteiger charge is 2.31. The van der Waals surface area contributed by atoms with Crippen molar-refractivity contribution in [3.05, 3.63) is 5.56 Å². The van der Waals surface area contributed by atoms with E-state index in [1.165, 1.54) is 29.9 Å². The standard InChI is InChI=1S/C11H19N5S/c1-15-4-6-16(7-5-15)13-11-9(8-2-3-8)10(12)14-17-11/h8,13H,2-7H2,1H3,(H2,12,14). The summed E-state index contributed by atoms with van der Waals surface area (Å²) in [6.07, 6.45) is 2.53. The fourth-order valence-corrected chi connectivity index (χ4v) is 3.05. The van der Waals surface area contributed by atoms with E-state index in [1.54, 1.807) is 0 Å². The van der Waals surface area contributed by atoms with E-state index in [0.717, 1.165) is 37.0 Å². The number of nitrogen functional groups attached to an aromatic ring is 1. The minimum Gasteiger partial charge on any atom is -0.383 e. The Hall–Kier alpha value is -0.850. The van der Waals surface area contributed by atoms with Crippen LogP contribution in [0.15, 0.2) is 0 Å². The molecule has 0 spiro atoms. The van der Waals surface area contributed by atoms with Crippen LogP contribution in [0.1, 0.15) is 24.3 Å². The second-order valence-corrected chi connectivity index (χ2v) is 5.76. The summed E-state index contributed by atoms with van der Waals surface area (Å²) in [6.45, 7) is 4.33. The minimum atomic E-state index is 0.656. The van der Waals surface area contributed by atoms with Crippen molar-refractivity contribution < 1.29 is 0 Å². The Morgan fingerprint density at radius 1 is 1.29 bits per heavy atom. The maximum absolute atomic E-state index is 5.94. The van der Waals surface area contributed by atoms with Crippen molar-refractivity contribution >= 4 is 22.4 Å². The summed E-state index contributed by atoms with van der Waals surface area (Å²) in [5.74, 6) is 1.39. The molecule has 1 aliphatic carbocycles. The van der Waals surface area contributed by atoms with Gasteiger partial charge in [-0.3, -0.25) is 0 Å². The molecule has 3 N–H and O–H groups in total. The summed E-state index contributed by atoms with van der Waals surface area (Å²) in [7, 11) is 2.16. The molecule has 0 amide bonds. The predicted molar refractivity (Wildman–Crippen MR) is 71.2 cm³/mol. The van der Waals surface area contributed by atoms with Crippen LogP contribution in [0.5, 0.6) is 0 Å². The summed E-state index contributed by atoms with van der Waals surface area (Å²) >= 11 is 1.50. The lowest BCUT2D eigenvalue weighted by Crippen LogP contribution is -2.46. The van der Waals surface area contributed by atoms with Gasteiger partial charge in [0.15, 0.2) is 0 Å². The molecule has 2 aliphatic rings. The van der Waals surface area contributed by atoms with Gasteiger partial charge in [0.2, 0.25) is 0 Å². The van der Waals surface area contributed by atoms with E-state index in [2.05, 4.69) is 26.8 Å². The number of nitrogens with two attached hydrogens (primary N) is 1. The average molecular weight is 253 g/mol. The molecule has 0 radical (unpaired) electrons. The van der Waals surface area contributed by atoms with Gasteiger partial charge in [0.1, 0.15) is 10.8 Å². The largest absolute Gasteiger partial charge is 0.383 e. The zero-order valence-electron chi connectivity index (χ0n) is 10.1. The van der Waals surface area contributed by atoms with Crippen molar-refractivity contribution in [2.24, 2.45) is 0 Å². The van der Waals surface area contributed by atoms with Crippen LogP contribution in [0.2, 0.25) is 0 Å². The molecular weight excluding hydrogens is 234 g/mol. The molecule has 3 rings (SSSR count). The fourth-order valence-electron chi connectivity index (χ4n) is 2.22. The molecule has 1 aromatic rings. The highest BCUT2D eigenvalue weighted by Crippen LogP contribution is 2.47. The van der Waals surface area contributed by atoms with Crippen molar-refractivity contribution in [2.75, 3.05) is 44.4 Å². The third-order valence-corrected chi connectivity index (χ3v) is 4.29. The van der Waals surface area contributed by atoms with E-state index in [-0.39, 0.29) is 0 Å². The molecule has 1 aliphatic heterocycles. The van der Waals surface area contributed by atoms with Crippen molar-refractivity contribution in [1.29, 1.82) is 0 Å². The summed E-state index contributed by atoms with van der Waals surface area (Å²) in [5, 5.41) is 3.44. The number of aromatic nitrogens is 1. The molecule has 94 valence electrons. The number of rotatable bonds is 3. The maximum atomic E-state index is 5.94. The smallest absolute Gasteiger partial charge is 0.142 e. The Balaban J connectivity index is 1.68. The highest BCUT2D eigenvalue weighted by molar-refractivity contribution is 7.10. The number of hydrazine groups is 1. The van der Waals surface area contributed by atoms with Gasteiger partial charge in [0.05, 0.1) is 0 Å². The number of hydrogen-bond donors (Lipinski definition) is 2. The zero-order chi connectivity index (χ0) is 11.8. The molecular formula is C11H19N5S. The fraction of sp³-hybridized carbons (Fsp3) is 0.727. The van der Waals surface area contributed by atoms with Crippen LogP contribution >= 0.6 is 11.5 Å². The maximum Gasteiger partial charge on any atom is 0.142 e. The lowest BCUT2D eigenvalue weighted by Gasteiger charge is -2.32. The summed E-state index contributed by atoms with van der Waals surface area (Å²) < 4.78 is 4.28. The number of nitrogens with one attached hydrogen (secondary N) is 1. The zero-order valence-corrected chi connectivity index (χ0v) is 11.0. The van der Waals surface area contributed by atoms with Gasteiger partial charge in [-0.15, -0.1) is 0 Å². The van der Waals surface area contributed by atoms with E-state index in [9.17, 15) is 0 Å². The first kappa shape index (κ1) is 11.3. The molecule has 6 heteroatoms. The van der Waals surface area contributed by atoms with Crippen LogP contribution in [-0.4, -0.2) is 47.5 Å². The molecule has 0 aromatic carbocycles. The number of nitrogens with zero attached hydrogens (tertiary/aromatic N) is 3. The van der Waals surface area contributed by atoms with Crippen molar-refractivity contribution in [1.82, 2.24) is 14.3 Å². The monoisotopic (exact) mass is 253 g/mol. The SMILES string of the molecule is CN1CCN(Nc2snc(N)c2C2CC2)CC1. The summed E-state index contributed by atoms with van der Waals surface area (Å²) in [5.41, 5.74) is 10.7. The Morgan fingerprint density at radius 2 is 2.00 bits per heavy atom. The lowest BCUT2D eigenvalue weighted by atomic mass is 10.2. The molecule has 1 aromatic heterocycles. The van der Waals surface area contributed by atoms with Gasteiger partial charge >= 0.3 is 0 Å². The van der Waals surface area contributed by atoms with Crippen LogP contribution in [0, 0.1) is 0 Å². The highest BCUT2D eigenvalue weighted by atomic mass is 32.1. The molecule has 0 bridgehead atoms. The topological polar surface area (TPSA) is 57.4 Å². The first-order valence-corrected chi connectivity index (χ1v) is 6.96. The predicted octanol–water partition coefficient (Wildman–Crippen LogP) is 1.18. The van der Waals surface area contributed by atoms with Crippen LogP contribution in [-0.2, 0) is 0 Å². The number of piperazine rings is 1. The Labute approximate surface area is 106 Å². The van der Waals surface area contributed by atoms with E-state index >= 15 is 0 Å². The second kappa shape index (κ2) is 4.44. The molecule has 0 atom stereocenters. The first-order chi connectivity index (χ1) is 8.24. The van der Waals surface area contributed by atoms with Crippen LogP contribution in [0.25, 0.3) is 0 Å². The molecule has 2 fully saturated rings. The number of hydrogen-bond acceptors (Lipinski definition) is 6. The first-order valence-electron chi connectivity index (χ1n) is 6.19. The van der Waals surface area contributed by atoms with Gasteiger partial charge < -0.3 is 16.1 Å². The number of likely N-dealkylation sites (N-methyl/N-ethyl adjacent to an activating group) is 1. The van der Waals surface area contributed by atoms with Gasteiger partial charge in [0.25, 0.3) is 0 Å². The quantitative estimate of drug-likeness (QED) is 0.847. The van der Waals surface area contributed by atoms with Gasteiger partial charge in [0, 0.05) is 31.7 Å². The lowest BCUT2D eigenvalue weighted by molar-refractivity contribution is 0.179. The Kier molecular flexibility index (Phi) is 2.94. The van der Waals surface area contributed by atoms with E-state index in [1.807, 2.05) is 0 Å². The van der Waals surface area contributed by atoms with Crippen molar-refractivity contribution in [2.45, 2.75) is 18.8 Å². The third kappa shape index (κ3) is 2.38. The molecule has 2 heterocycles. The van der Waals surface area contributed by atoms with Crippen LogP contribution in [0.3, 0.4) is 0 Å². The van der Waals surface area contributed by atoms with Gasteiger partial charge in [-0.25, -0.2) is 5.01 Å². The van der Waals surface area contributed by atoms with Gasteiger partial charge in [-0.2, -0.15) is 4.37 Å². The van der Waals surface area contributed by atoms with Crippen LogP contribution in [0.4, 0.5) is 10.8 Å². The Morgan fingerprint density at radius 3 is 2.65 bits per heavy atom. The summed E-state index contributed by atoms with van der Waals surface area (Å²) in [4.78, 5) is 2.35. The second-order valence-electron chi connectivity index (χ2n) is 4.99. The molecule has 1 saturated heterocycles. The van der Waals surface area contributed by atoms with Crippen LogP contribution < -0.4 is 11.2 Å². The van der Waals surface area contributed by atoms with E-state index in [0.29, 0.717) is 5.92 Å². The number of anilines is 2. The van der Waals surface area contributed by atoms with E-state index < -0.39 is 0 Å². The Bertz CT molecular complexity index is 393. The summed E-state index contributed by atoms with van der Waals surface area (Å²) in [6, 6.07) is 0. The molecule has 5 nitrogen and oxygen atoms in total. The average Bonchev–Trinajstić information content (AvgIpc) is 3.08. The molecule has 17 heavy (non-hydrogen) atoms. The minimum absolute atomic E-state index is 0.656. The van der Waals surface area contributed by atoms with Crippen molar-refractivity contribution in [3.8, 4) is 0 Å². The molecule has 0 unspecified atom stereocenters. The van der Waals surface area contributed by atoms with Crippen molar-refractivity contribution in [3.63, 3.8) is 0 Å².